The Kier molecular flexibility index (Phi) is 8.95. The molecule has 0 radical (unpaired) electrons. The second kappa shape index (κ2) is 12.5. The number of hydrogen-bond donors (Lipinski definition) is 3. The Balaban J connectivity index is 1.50. The molecule has 0 bridgehead atoms. The van der Waals surface area contributed by atoms with Gasteiger partial charge in [-0.1, -0.05) is 42.5 Å². The van der Waals surface area contributed by atoms with Gasteiger partial charge in [0, 0.05) is 5.69 Å². The first-order valence-electron chi connectivity index (χ1n) is 10.9. The zero-order chi connectivity index (χ0) is 25.0. The van der Waals surface area contributed by atoms with Gasteiger partial charge in [0.25, 0.3) is 5.91 Å². The van der Waals surface area contributed by atoms with E-state index >= 15 is 0 Å². The van der Waals surface area contributed by atoms with Crippen LogP contribution in [0.1, 0.15) is 18.1 Å². The van der Waals surface area contributed by atoms with E-state index in [0.717, 1.165) is 11.3 Å². The van der Waals surface area contributed by atoms with Gasteiger partial charge in [-0.3, -0.25) is 14.4 Å². The number of ether oxygens (including phenoxy) is 2. The predicted molar refractivity (Wildman–Crippen MR) is 134 cm³/mol. The van der Waals surface area contributed by atoms with E-state index in [9.17, 15) is 14.4 Å². The highest BCUT2D eigenvalue weighted by Gasteiger charge is 2.15. The van der Waals surface area contributed by atoms with Gasteiger partial charge in [0.1, 0.15) is 11.5 Å². The summed E-state index contributed by atoms with van der Waals surface area (Å²) in [7, 11) is 0. The van der Waals surface area contributed by atoms with E-state index in [2.05, 4.69) is 21.2 Å². The third-order valence-electron chi connectivity index (χ3n) is 4.67. The molecule has 0 aliphatic carbocycles. The molecule has 3 amide bonds. The molecule has 3 aromatic carbocycles. The van der Waals surface area contributed by atoms with E-state index in [0.29, 0.717) is 29.4 Å². The van der Waals surface area contributed by atoms with Crippen LogP contribution in [-0.4, -0.2) is 37.1 Å². The quantitative estimate of drug-likeness (QED) is 0.249. The molecule has 9 nitrogen and oxygen atoms in total. The molecule has 180 valence electrons. The molecule has 9 heteroatoms. The van der Waals surface area contributed by atoms with Crippen LogP contribution >= 0.6 is 0 Å². The fourth-order valence-electron chi connectivity index (χ4n) is 2.98. The van der Waals surface area contributed by atoms with Crippen LogP contribution < -0.4 is 25.5 Å². The summed E-state index contributed by atoms with van der Waals surface area (Å²) in [6.07, 6.45) is 1.36. The first-order chi connectivity index (χ1) is 17.0. The van der Waals surface area contributed by atoms with Crippen LogP contribution in [0.5, 0.6) is 11.5 Å². The molecule has 0 atom stereocenters. The maximum atomic E-state index is 12.2. The molecule has 0 saturated carbocycles. The molecular weight excluding hydrogens is 448 g/mol. The number of anilines is 2. The molecule has 0 saturated heterocycles. The average molecular weight is 475 g/mol. The van der Waals surface area contributed by atoms with E-state index in [1.807, 2.05) is 38.1 Å². The third-order valence-corrected chi connectivity index (χ3v) is 4.67. The number of hydrazone groups is 1. The molecule has 0 spiro atoms. The van der Waals surface area contributed by atoms with Crippen molar-refractivity contribution in [3.05, 3.63) is 83.9 Å². The highest BCUT2D eigenvalue weighted by atomic mass is 16.5. The molecular formula is C26H26N4O5. The number of carbonyl (C=O) groups excluding carboxylic acids is 3. The van der Waals surface area contributed by atoms with Crippen LogP contribution in [-0.2, 0) is 14.4 Å². The number of carbonyl (C=O) groups is 3. The van der Waals surface area contributed by atoms with Crippen LogP contribution in [0.25, 0.3) is 0 Å². The monoisotopic (exact) mass is 474 g/mol. The molecule has 3 aromatic rings. The van der Waals surface area contributed by atoms with Crippen LogP contribution in [0.4, 0.5) is 11.4 Å². The van der Waals surface area contributed by atoms with Crippen molar-refractivity contribution in [1.82, 2.24) is 5.43 Å². The summed E-state index contributed by atoms with van der Waals surface area (Å²) < 4.78 is 11.0. The Morgan fingerprint density at radius 1 is 0.857 bits per heavy atom. The van der Waals surface area contributed by atoms with Gasteiger partial charge in [-0.2, -0.15) is 5.10 Å². The van der Waals surface area contributed by atoms with E-state index in [4.69, 9.17) is 9.47 Å². The minimum Gasteiger partial charge on any atom is -0.492 e. The van der Waals surface area contributed by atoms with Crippen LogP contribution in [0.3, 0.4) is 0 Å². The van der Waals surface area contributed by atoms with Crippen molar-refractivity contribution in [1.29, 1.82) is 0 Å². The van der Waals surface area contributed by atoms with Gasteiger partial charge >= 0.3 is 11.8 Å². The van der Waals surface area contributed by atoms with Crippen molar-refractivity contribution in [2.75, 3.05) is 23.8 Å². The summed E-state index contributed by atoms with van der Waals surface area (Å²) in [5.74, 6) is -1.20. The zero-order valence-electron chi connectivity index (χ0n) is 19.4. The van der Waals surface area contributed by atoms with E-state index in [-0.39, 0.29) is 12.5 Å². The molecule has 0 fully saturated rings. The second-order valence-corrected chi connectivity index (χ2v) is 7.31. The Morgan fingerprint density at radius 3 is 2.37 bits per heavy atom. The van der Waals surface area contributed by atoms with Gasteiger partial charge < -0.3 is 20.1 Å². The number of para-hydroxylation sites is 3. The minimum absolute atomic E-state index is 0.172. The maximum absolute atomic E-state index is 12.2. The molecule has 0 aliphatic rings. The third kappa shape index (κ3) is 7.71. The normalized spacial score (nSPS) is 10.5. The van der Waals surface area contributed by atoms with Crippen LogP contribution in [0.2, 0.25) is 0 Å². The Bertz CT molecular complexity index is 1230. The first kappa shape index (κ1) is 25.0. The van der Waals surface area contributed by atoms with Crippen LogP contribution in [0.15, 0.2) is 77.9 Å². The standard InChI is InChI=1S/C26H26N4O5/c1-3-34-23-14-7-6-13-22(23)29-25(32)26(33)30-27-16-19-10-8-11-20(15-19)35-17-24(31)28-21-12-5-4-9-18(21)2/h4-16H,3,17H2,1-2H3,(H,28,31)(H,29,32)(H,30,33)/b27-16-. The smallest absolute Gasteiger partial charge is 0.329 e. The largest absolute Gasteiger partial charge is 0.492 e. The summed E-state index contributed by atoms with van der Waals surface area (Å²) in [5.41, 5.74) is 4.84. The van der Waals surface area contributed by atoms with Crippen molar-refractivity contribution in [3.8, 4) is 11.5 Å². The van der Waals surface area contributed by atoms with Crippen molar-refractivity contribution in [2.24, 2.45) is 5.10 Å². The van der Waals surface area contributed by atoms with Gasteiger partial charge in [0.15, 0.2) is 6.61 Å². The van der Waals surface area contributed by atoms with Crippen molar-refractivity contribution < 1.29 is 23.9 Å². The predicted octanol–water partition coefficient (Wildman–Crippen LogP) is 3.50. The number of nitrogens with zero attached hydrogens (tertiary/aromatic N) is 1. The molecule has 35 heavy (non-hydrogen) atoms. The lowest BCUT2D eigenvalue weighted by Crippen LogP contribution is -2.32. The number of hydrogen-bond acceptors (Lipinski definition) is 6. The first-order valence-corrected chi connectivity index (χ1v) is 10.9. The number of benzene rings is 3. The lowest BCUT2D eigenvalue weighted by atomic mass is 10.2. The van der Waals surface area contributed by atoms with Gasteiger partial charge in [-0.15, -0.1) is 0 Å². The zero-order valence-corrected chi connectivity index (χ0v) is 19.4. The van der Waals surface area contributed by atoms with Gasteiger partial charge in [0.05, 0.1) is 18.5 Å². The summed E-state index contributed by atoms with van der Waals surface area (Å²) in [5, 5.41) is 9.10. The molecule has 0 aromatic heterocycles. The topological polar surface area (TPSA) is 118 Å². The molecule has 0 unspecified atom stereocenters. The summed E-state index contributed by atoms with van der Waals surface area (Å²) >= 11 is 0. The fourth-order valence-corrected chi connectivity index (χ4v) is 2.98. The van der Waals surface area contributed by atoms with Crippen LogP contribution in [0, 0.1) is 6.92 Å². The summed E-state index contributed by atoms with van der Waals surface area (Å²) in [6, 6.07) is 21.0. The van der Waals surface area contributed by atoms with Gasteiger partial charge in [-0.25, -0.2) is 5.43 Å². The lowest BCUT2D eigenvalue weighted by Gasteiger charge is -2.10. The van der Waals surface area contributed by atoms with Gasteiger partial charge in [0.2, 0.25) is 0 Å². The second-order valence-electron chi connectivity index (χ2n) is 7.31. The van der Waals surface area contributed by atoms with Crippen molar-refractivity contribution in [2.45, 2.75) is 13.8 Å². The molecule has 3 rings (SSSR count). The Morgan fingerprint density at radius 2 is 1.60 bits per heavy atom. The molecule has 3 N–H and O–H groups in total. The van der Waals surface area contributed by atoms with Gasteiger partial charge in [-0.05, 0) is 55.3 Å². The Labute approximate surface area is 203 Å². The average Bonchev–Trinajstić information content (AvgIpc) is 2.86. The molecule has 0 heterocycles. The number of rotatable bonds is 9. The van der Waals surface area contributed by atoms with E-state index in [1.165, 1.54) is 6.21 Å². The summed E-state index contributed by atoms with van der Waals surface area (Å²) in [6.45, 7) is 3.97. The summed E-state index contributed by atoms with van der Waals surface area (Å²) in [4.78, 5) is 36.4. The molecule has 0 aliphatic heterocycles. The maximum Gasteiger partial charge on any atom is 0.329 e. The SMILES string of the molecule is CCOc1ccccc1NC(=O)C(=O)N/N=C\c1cccc(OCC(=O)Nc2ccccc2C)c1. The van der Waals surface area contributed by atoms with E-state index in [1.54, 1.807) is 48.5 Å². The number of nitrogens with one attached hydrogen (secondary N) is 3. The highest BCUT2D eigenvalue weighted by Crippen LogP contribution is 2.23. The minimum atomic E-state index is -0.937. The Hall–Kier alpha value is -4.66. The number of amides is 3. The highest BCUT2D eigenvalue weighted by molar-refractivity contribution is 6.39. The number of aryl methyl sites for hydroxylation is 1. The fraction of sp³-hybridized carbons (Fsp3) is 0.154. The van der Waals surface area contributed by atoms with E-state index < -0.39 is 11.8 Å². The van der Waals surface area contributed by atoms with Crippen molar-refractivity contribution >= 4 is 35.3 Å². The lowest BCUT2D eigenvalue weighted by molar-refractivity contribution is -0.136. The van der Waals surface area contributed by atoms with Crippen molar-refractivity contribution in [3.63, 3.8) is 0 Å².